The zero-order valence-corrected chi connectivity index (χ0v) is 8.39. The van der Waals surface area contributed by atoms with Gasteiger partial charge in [-0.25, -0.2) is 9.18 Å². The molecule has 0 heterocycles. The first-order valence-corrected chi connectivity index (χ1v) is 4.54. The highest BCUT2D eigenvalue weighted by Gasteiger charge is 2.34. The first kappa shape index (κ1) is 11.7. The second-order valence-electron chi connectivity index (χ2n) is 3.33. The van der Waals surface area contributed by atoms with Crippen molar-refractivity contribution in [2.45, 2.75) is 12.8 Å². The summed E-state index contributed by atoms with van der Waals surface area (Å²) in [4.78, 5) is 10.4. The molecule has 1 rings (SSSR count). The molecule has 1 N–H and O–H groups in total. The predicted molar refractivity (Wildman–Crippen MR) is 54.0 cm³/mol. The van der Waals surface area contributed by atoms with Gasteiger partial charge in [0.2, 0.25) is 6.36 Å². The molecule has 0 amide bonds. The molecule has 3 nitrogen and oxygen atoms in total. The monoisotopic (exact) mass is 212 g/mol. The van der Waals surface area contributed by atoms with E-state index in [1.165, 1.54) is 13.2 Å². The largest absolute Gasteiger partial charge is 0.478 e. The van der Waals surface area contributed by atoms with Crippen LogP contribution in [-0.4, -0.2) is 24.5 Å². The minimum Gasteiger partial charge on any atom is -0.478 e. The normalized spacial score (nSPS) is 27.1. The van der Waals surface area contributed by atoms with Crippen LogP contribution < -0.4 is 0 Å². The molecule has 2 unspecified atom stereocenters. The van der Waals surface area contributed by atoms with Gasteiger partial charge in [-0.1, -0.05) is 30.4 Å². The zero-order valence-electron chi connectivity index (χ0n) is 8.39. The second-order valence-corrected chi connectivity index (χ2v) is 3.33. The van der Waals surface area contributed by atoms with Crippen LogP contribution in [0.4, 0.5) is 4.39 Å². The molecule has 0 aromatic carbocycles. The molecule has 0 fully saturated rings. The van der Waals surface area contributed by atoms with Crippen molar-refractivity contribution >= 4 is 5.97 Å². The molecule has 0 bridgehead atoms. The number of carboxylic acids is 1. The van der Waals surface area contributed by atoms with Crippen LogP contribution in [0.1, 0.15) is 6.42 Å². The fourth-order valence-corrected chi connectivity index (χ4v) is 1.47. The Bertz CT molecular complexity index is 320. The van der Waals surface area contributed by atoms with Crippen molar-refractivity contribution in [3.8, 4) is 0 Å². The number of ether oxygens (including phenoxy) is 1. The van der Waals surface area contributed by atoms with Gasteiger partial charge in [-0.3, -0.25) is 0 Å². The summed E-state index contributed by atoms with van der Waals surface area (Å²) in [5.74, 6) is -1.10. The van der Waals surface area contributed by atoms with Crippen molar-refractivity contribution in [1.29, 1.82) is 0 Å². The van der Waals surface area contributed by atoms with Crippen LogP contribution in [0.15, 0.2) is 36.5 Å². The van der Waals surface area contributed by atoms with E-state index in [9.17, 15) is 9.18 Å². The Balaban J connectivity index is 2.91. The quantitative estimate of drug-likeness (QED) is 0.725. The van der Waals surface area contributed by atoms with Gasteiger partial charge < -0.3 is 9.84 Å². The number of hydrogen-bond donors (Lipinski definition) is 1. The summed E-state index contributed by atoms with van der Waals surface area (Å²) in [6, 6.07) is 0. The molecule has 82 valence electrons. The van der Waals surface area contributed by atoms with Crippen molar-refractivity contribution in [2.24, 2.45) is 5.41 Å². The van der Waals surface area contributed by atoms with Gasteiger partial charge in [0.15, 0.2) is 0 Å². The van der Waals surface area contributed by atoms with E-state index in [4.69, 9.17) is 5.11 Å². The number of carbonyl (C=O) groups is 1. The lowest BCUT2D eigenvalue weighted by Gasteiger charge is -2.30. The van der Waals surface area contributed by atoms with Crippen molar-refractivity contribution in [3.05, 3.63) is 36.5 Å². The highest BCUT2D eigenvalue weighted by atomic mass is 19.1. The molecular formula is C11H13FO3. The summed E-state index contributed by atoms with van der Waals surface area (Å²) >= 11 is 0. The summed E-state index contributed by atoms with van der Waals surface area (Å²) in [5.41, 5.74) is -0.998. The average Bonchev–Trinajstić information content (AvgIpc) is 2.26. The SMILES string of the molecule is COC(F)C1(/C=C/C(=O)O)C=CC=CC1. The second kappa shape index (κ2) is 4.89. The van der Waals surface area contributed by atoms with E-state index in [0.717, 1.165) is 6.08 Å². The fraction of sp³-hybridized carbons (Fsp3) is 0.364. The first-order chi connectivity index (χ1) is 7.10. The summed E-state index contributed by atoms with van der Waals surface area (Å²) < 4.78 is 18.2. The van der Waals surface area contributed by atoms with E-state index in [2.05, 4.69) is 4.74 Å². The predicted octanol–water partition coefficient (Wildman–Crippen LogP) is 2.07. The van der Waals surface area contributed by atoms with E-state index in [0.29, 0.717) is 6.42 Å². The van der Waals surface area contributed by atoms with E-state index in [1.54, 1.807) is 24.3 Å². The number of aliphatic carboxylic acids is 1. The molecular weight excluding hydrogens is 199 g/mol. The Hall–Kier alpha value is -1.42. The molecule has 2 atom stereocenters. The summed E-state index contributed by atoms with van der Waals surface area (Å²) in [6.07, 6.45) is 7.96. The van der Waals surface area contributed by atoms with Crippen molar-refractivity contribution in [3.63, 3.8) is 0 Å². The minimum atomic E-state index is -1.55. The van der Waals surface area contributed by atoms with Crippen molar-refractivity contribution in [1.82, 2.24) is 0 Å². The number of rotatable bonds is 4. The summed E-state index contributed by atoms with van der Waals surface area (Å²) in [7, 11) is 1.26. The Kier molecular flexibility index (Phi) is 3.80. The van der Waals surface area contributed by atoms with Crippen LogP contribution in [0.5, 0.6) is 0 Å². The number of alkyl halides is 1. The molecule has 1 aliphatic carbocycles. The summed E-state index contributed by atoms with van der Waals surface area (Å²) in [5, 5.41) is 8.52. The van der Waals surface area contributed by atoms with Crippen LogP contribution in [0.3, 0.4) is 0 Å². The fourth-order valence-electron chi connectivity index (χ4n) is 1.47. The smallest absolute Gasteiger partial charge is 0.328 e. The van der Waals surface area contributed by atoms with Gasteiger partial charge in [0.1, 0.15) is 0 Å². The molecule has 0 aromatic rings. The van der Waals surface area contributed by atoms with Gasteiger partial charge in [0.05, 0.1) is 5.41 Å². The maximum Gasteiger partial charge on any atom is 0.328 e. The average molecular weight is 212 g/mol. The molecule has 0 aliphatic heterocycles. The van der Waals surface area contributed by atoms with Gasteiger partial charge in [-0.15, -0.1) is 0 Å². The molecule has 0 saturated carbocycles. The molecule has 1 aliphatic rings. The standard InChI is InChI=1S/C11H13FO3/c1-15-10(12)11(8-5-9(13)14)6-3-2-4-7-11/h2-6,8,10H,7H2,1H3,(H,13,14)/b8-5+. The Labute approximate surface area is 87.5 Å². The molecule has 4 heteroatoms. The van der Waals surface area contributed by atoms with Crippen LogP contribution in [0, 0.1) is 5.41 Å². The molecule has 0 radical (unpaired) electrons. The Morgan fingerprint density at radius 3 is 2.87 bits per heavy atom. The zero-order chi connectivity index (χ0) is 11.3. The third kappa shape index (κ3) is 2.76. The Morgan fingerprint density at radius 2 is 2.40 bits per heavy atom. The van der Waals surface area contributed by atoms with E-state index in [1.807, 2.05) is 0 Å². The lowest BCUT2D eigenvalue weighted by molar-refractivity contribution is -0.131. The third-order valence-corrected chi connectivity index (χ3v) is 2.29. The molecule has 0 saturated heterocycles. The van der Waals surface area contributed by atoms with Gasteiger partial charge in [-0.05, 0) is 6.42 Å². The van der Waals surface area contributed by atoms with E-state index in [-0.39, 0.29) is 0 Å². The number of halogens is 1. The van der Waals surface area contributed by atoms with Gasteiger partial charge >= 0.3 is 5.97 Å². The van der Waals surface area contributed by atoms with Crippen molar-refractivity contribution in [2.75, 3.05) is 7.11 Å². The highest BCUT2D eigenvalue weighted by molar-refractivity contribution is 5.80. The lowest BCUT2D eigenvalue weighted by Crippen LogP contribution is -2.30. The van der Waals surface area contributed by atoms with Crippen LogP contribution in [0.25, 0.3) is 0 Å². The number of allylic oxidation sites excluding steroid dienone is 3. The van der Waals surface area contributed by atoms with Gasteiger partial charge in [-0.2, -0.15) is 0 Å². The number of methoxy groups -OCH3 is 1. The number of hydrogen-bond acceptors (Lipinski definition) is 2. The lowest BCUT2D eigenvalue weighted by atomic mass is 9.81. The van der Waals surface area contributed by atoms with Crippen LogP contribution in [0.2, 0.25) is 0 Å². The maximum absolute atomic E-state index is 13.6. The number of carboxylic acid groups (broad SMARTS) is 1. The maximum atomic E-state index is 13.6. The molecule has 0 spiro atoms. The van der Waals surface area contributed by atoms with E-state index >= 15 is 0 Å². The first-order valence-electron chi connectivity index (χ1n) is 4.54. The van der Waals surface area contributed by atoms with E-state index < -0.39 is 17.7 Å². The topological polar surface area (TPSA) is 46.5 Å². The highest BCUT2D eigenvalue weighted by Crippen LogP contribution is 2.35. The molecule has 15 heavy (non-hydrogen) atoms. The van der Waals surface area contributed by atoms with Crippen molar-refractivity contribution < 1.29 is 19.0 Å². The van der Waals surface area contributed by atoms with Crippen LogP contribution in [-0.2, 0) is 9.53 Å². The third-order valence-electron chi connectivity index (χ3n) is 2.29. The Morgan fingerprint density at radius 1 is 1.67 bits per heavy atom. The minimum absolute atomic E-state index is 0.391. The molecule has 0 aromatic heterocycles. The summed E-state index contributed by atoms with van der Waals surface area (Å²) in [6.45, 7) is 0. The van der Waals surface area contributed by atoms with Gasteiger partial charge in [0.25, 0.3) is 0 Å². The van der Waals surface area contributed by atoms with Gasteiger partial charge in [0, 0.05) is 13.2 Å². The van der Waals surface area contributed by atoms with Crippen LogP contribution >= 0.6 is 0 Å².